The predicted molar refractivity (Wildman–Crippen MR) is 63.2 cm³/mol. The molecule has 2 N–H and O–H groups in total. The van der Waals surface area contributed by atoms with E-state index < -0.39 is 0 Å². The second kappa shape index (κ2) is 4.65. The van der Waals surface area contributed by atoms with Gasteiger partial charge in [-0.2, -0.15) is 0 Å². The highest BCUT2D eigenvalue weighted by molar-refractivity contribution is 4.78. The average Bonchev–Trinajstić information content (AvgIpc) is 2.81. The Morgan fingerprint density at radius 3 is 2.29 bits per heavy atom. The number of hydrogen-bond donors (Lipinski definition) is 1. The Morgan fingerprint density at radius 1 is 1.29 bits per heavy atom. The van der Waals surface area contributed by atoms with E-state index in [1.165, 1.54) is 32.1 Å². The second-order valence-corrected chi connectivity index (χ2v) is 6.28. The zero-order chi connectivity index (χ0) is 10.8. The first kappa shape index (κ1) is 12.0. The van der Waals surface area contributed by atoms with Crippen molar-refractivity contribution in [3.63, 3.8) is 0 Å². The highest BCUT2D eigenvalue weighted by atomic mass is 14.6. The van der Waals surface area contributed by atoms with E-state index in [4.69, 9.17) is 5.73 Å². The number of rotatable bonds is 5. The maximum Gasteiger partial charge on any atom is 0.00416 e. The molecule has 84 valence electrons. The van der Waals surface area contributed by atoms with E-state index in [1.807, 2.05) is 0 Å². The summed E-state index contributed by atoms with van der Waals surface area (Å²) in [4.78, 5) is 0. The summed E-state index contributed by atoms with van der Waals surface area (Å²) in [6.45, 7) is 9.26. The van der Waals surface area contributed by atoms with Crippen LogP contribution >= 0.6 is 0 Å². The fourth-order valence-corrected chi connectivity index (χ4v) is 1.78. The summed E-state index contributed by atoms with van der Waals surface area (Å²) in [5.41, 5.74) is 6.56. The SMILES string of the molecule is CC(CC(N)CCC1CC1)C(C)(C)C. The van der Waals surface area contributed by atoms with Crippen molar-refractivity contribution in [3.05, 3.63) is 0 Å². The molecule has 0 radical (unpaired) electrons. The Morgan fingerprint density at radius 2 is 1.86 bits per heavy atom. The Kier molecular flexibility index (Phi) is 4.00. The molecular formula is C13H27N. The molecule has 0 aliphatic heterocycles. The maximum atomic E-state index is 6.15. The third kappa shape index (κ3) is 4.45. The van der Waals surface area contributed by atoms with Crippen LogP contribution in [-0.4, -0.2) is 6.04 Å². The molecule has 0 bridgehead atoms. The Hall–Kier alpha value is -0.0400. The molecule has 1 fully saturated rings. The molecule has 1 rings (SSSR count). The van der Waals surface area contributed by atoms with Gasteiger partial charge in [-0.25, -0.2) is 0 Å². The lowest BCUT2D eigenvalue weighted by Gasteiger charge is -2.29. The van der Waals surface area contributed by atoms with Gasteiger partial charge in [0.15, 0.2) is 0 Å². The van der Waals surface area contributed by atoms with E-state index in [0.717, 1.165) is 11.8 Å². The molecule has 0 spiro atoms. The molecule has 1 aliphatic rings. The molecule has 0 amide bonds. The lowest BCUT2D eigenvalue weighted by molar-refractivity contribution is 0.229. The average molecular weight is 197 g/mol. The molecule has 0 saturated heterocycles. The van der Waals surface area contributed by atoms with E-state index in [9.17, 15) is 0 Å². The van der Waals surface area contributed by atoms with Crippen molar-refractivity contribution < 1.29 is 0 Å². The molecular weight excluding hydrogens is 170 g/mol. The van der Waals surface area contributed by atoms with Gasteiger partial charge in [-0.05, 0) is 36.5 Å². The molecule has 0 aromatic heterocycles. The van der Waals surface area contributed by atoms with Crippen LogP contribution in [0.25, 0.3) is 0 Å². The zero-order valence-electron chi connectivity index (χ0n) is 10.3. The molecule has 0 heterocycles. The largest absolute Gasteiger partial charge is 0.328 e. The zero-order valence-corrected chi connectivity index (χ0v) is 10.3. The molecule has 1 heteroatoms. The Bertz CT molecular complexity index is 165. The van der Waals surface area contributed by atoms with Crippen LogP contribution in [0.1, 0.15) is 59.8 Å². The van der Waals surface area contributed by atoms with Gasteiger partial charge in [-0.15, -0.1) is 0 Å². The highest BCUT2D eigenvalue weighted by Gasteiger charge is 2.24. The van der Waals surface area contributed by atoms with Crippen LogP contribution in [0.5, 0.6) is 0 Å². The summed E-state index contributed by atoms with van der Waals surface area (Å²) >= 11 is 0. The van der Waals surface area contributed by atoms with Crippen molar-refractivity contribution in [1.29, 1.82) is 0 Å². The first-order chi connectivity index (χ1) is 6.39. The number of nitrogens with two attached hydrogens (primary N) is 1. The minimum atomic E-state index is 0.414. The second-order valence-electron chi connectivity index (χ2n) is 6.28. The van der Waals surface area contributed by atoms with E-state index in [0.29, 0.717) is 11.5 Å². The molecule has 2 atom stereocenters. The first-order valence-electron chi connectivity index (χ1n) is 6.15. The molecule has 14 heavy (non-hydrogen) atoms. The summed E-state index contributed by atoms with van der Waals surface area (Å²) in [7, 11) is 0. The molecule has 0 aromatic rings. The van der Waals surface area contributed by atoms with Crippen molar-refractivity contribution in [2.75, 3.05) is 0 Å². The van der Waals surface area contributed by atoms with Crippen molar-refractivity contribution in [1.82, 2.24) is 0 Å². The van der Waals surface area contributed by atoms with E-state index in [-0.39, 0.29) is 0 Å². The van der Waals surface area contributed by atoms with Crippen LogP contribution in [0.4, 0.5) is 0 Å². The van der Waals surface area contributed by atoms with E-state index >= 15 is 0 Å². The van der Waals surface area contributed by atoms with Crippen LogP contribution in [0.15, 0.2) is 0 Å². The van der Waals surface area contributed by atoms with Crippen LogP contribution in [-0.2, 0) is 0 Å². The lowest BCUT2D eigenvalue weighted by atomic mass is 9.78. The number of hydrogen-bond acceptors (Lipinski definition) is 1. The van der Waals surface area contributed by atoms with Crippen molar-refractivity contribution in [2.24, 2.45) is 23.0 Å². The van der Waals surface area contributed by atoms with Gasteiger partial charge in [-0.1, -0.05) is 40.5 Å². The minimum Gasteiger partial charge on any atom is -0.328 e. The lowest BCUT2D eigenvalue weighted by Crippen LogP contribution is -2.28. The smallest absolute Gasteiger partial charge is 0.00416 e. The van der Waals surface area contributed by atoms with Crippen LogP contribution in [0.2, 0.25) is 0 Å². The van der Waals surface area contributed by atoms with Crippen LogP contribution < -0.4 is 5.73 Å². The fourth-order valence-electron chi connectivity index (χ4n) is 1.78. The van der Waals surface area contributed by atoms with Gasteiger partial charge < -0.3 is 5.73 Å². The van der Waals surface area contributed by atoms with Crippen LogP contribution in [0, 0.1) is 17.3 Å². The van der Waals surface area contributed by atoms with Gasteiger partial charge in [0.25, 0.3) is 0 Å². The van der Waals surface area contributed by atoms with Crippen LogP contribution in [0.3, 0.4) is 0 Å². The van der Waals surface area contributed by atoms with E-state index in [2.05, 4.69) is 27.7 Å². The Balaban J connectivity index is 2.14. The molecule has 1 nitrogen and oxygen atoms in total. The topological polar surface area (TPSA) is 26.0 Å². The highest BCUT2D eigenvalue weighted by Crippen LogP contribution is 2.35. The summed E-state index contributed by atoms with van der Waals surface area (Å²) < 4.78 is 0. The third-order valence-corrected chi connectivity index (χ3v) is 3.78. The quantitative estimate of drug-likeness (QED) is 0.716. The van der Waals surface area contributed by atoms with Gasteiger partial charge >= 0.3 is 0 Å². The maximum absolute atomic E-state index is 6.15. The summed E-state index contributed by atoms with van der Waals surface area (Å²) in [5, 5.41) is 0. The first-order valence-corrected chi connectivity index (χ1v) is 6.15. The fraction of sp³-hybridized carbons (Fsp3) is 1.00. The minimum absolute atomic E-state index is 0.414. The predicted octanol–water partition coefficient (Wildman–Crippen LogP) is 3.58. The normalized spacial score (nSPS) is 22.1. The van der Waals surface area contributed by atoms with Gasteiger partial charge in [0.1, 0.15) is 0 Å². The monoisotopic (exact) mass is 197 g/mol. The van der Waals surface area contributed by atoms with Gasteiger partial charge in [0.05, 0.1) is 0 Å². The van der Waals surface area contributed by atoms with Crippen molar-refractivity contribution >= 4 is 0 Å². The van der Waals surface area contributed by atoms with Gasteiger partial charge in [0, 0.05) is 6.04 Å². The van der Waals surface area contributed by atoms with Gasteiger partial charge in [0.2, 0.25) is 0 Å². The summed E-state index contributed by atoms with van der Waals surface area (Å²) in [6, 6.07) is 0.435. The van der Waals surface area contributed by atoms with Crippen molar-refractivity contribution in [2.45, 2.75) is 65.8 Å². The molecule has 0 aromatic carbocycles. The molecule has 1 aliphatic carbocycles. The van der Waals surface area contributed by atoms with Crippen molar-refractivity contribution in [3.8, 4) is 0 Å². The molecule has 1 saturated carbocycles. The molecule has 2 unspecified atom stereocenters. The Labute approximate surface area is 89.5 Å². The van der Waals surface area contributed by atoms with E-state index in [1.54, 1.807) is 0 Å². The third-order valence-electron chi connectivity index (χ3n) is 3.78. The van der Waals surface area contributed by atoms with Gasteiger partial charge in [-0.3, -0.25) is 0 Å². The summed E-state index contributed by atoms with van der Waals surface area (Å²) in [5.74, 6) is 1.77. The summed E-state index contributed by atoms with van der Waals surface area (Å²) in [6.07, 6.45) is 6.72. The standard InChI is InChI=1S/C13H27N/c1-10(13(2,3)4)9-12(14)8-7-11-5-6-11/h10-12H,5-9,14H2,1-4H3.